The fraction of sp³-hybridized carbons (Fsp3) is 0.100. The van der Waals surface area contributed by atoms with Gasteiger partial charge in [-0.2, -0.15) is 5.26 Å². The Balaban J connectivity index is 1.59. The minimum Gasteiger partial charge on any atom is -0.312 e. The maximum atomic E-state index is 13.6. The van der Waals surface area contributed by atoms with Crippen LogP contribution in [-0.4, -0.2) is 10.9 Å². The summed E-state index contributed by atoms with van der Waals surface area (Å²) in [6.45, 7) is 6.12. The monoisotopic (exact) mass is 473 g/mol. The summed E-state index contributed by atoms with van der Waals surface area (Å²) in [5, 5.41) is 14.3. The first-order valence-electron chi connectivity index (χ1n) is 11.3. The van der Waals surface area contributed by atoms with E-state index in [1.165, 1.54) is 22.5 Å². The molecule has 170 valence electrons. The molecular formula is C30H23N3OS. The summed E-state index contributed by atoms with van der Waals surface area (Å²) in [5.74, 6) is -0.258. The molecule has 35 heavy (non-hydrogen) atoms. The van der Waals surface area contributed by atoms with Gasteiger partial charge in [0.1, 0.15) is 11.1 Å². The molecule has 5 heteroatoms. The van der Waals surface area contributed by atoms with E-state index in [4.69, 9.17) is 4.98 Å². The smallest absolute Gasteiger partial charge is 0.257 e. The first kappa shape index (κ1) is 22.5. The van der Waals surface area contributed by atoms with Crippen LogP contribution in [0.15, 0.2) is 78.9 Å². The van der Waals surface area contributed by atoms with Crippen molar-refractivity contribution in [1.29, 1.82) is 5.26 Å². The fourth-order valence-electron chi connectivity index (χ4n) is 4.27. The molecule has 4 nitrogen and oxygen atoms in total. The van der Waals surface area contributed by atoms with Crippen molar-refractivity contribution < 1.29 is 4.79 Å². The van der Waals surface area contributed by atoms with Crippen LogP contribution in [-0.2, 0) is 0 Å². The number of rotatable bonds is 4. The number of amides is 1. The number of carbonyl (C=O) groups is 1. The second kappa shape index (κ2) is 9.17. The van der Waals surface area contributed by atoms with Crippen molar-refractivity contribution in [1.82, 2.24) is 4.98 Å². The lowest BCUT2D eigenvalue weighted by atomic mass is 10.0. The zero-order chi connectivity index (χ0) is 24.5. The third-order valence-electron chi connectivity index (χ3n) is 6.25. The van der Waals surface area contributed by atoms with E-state index < -0.39 is 0 Å². The standard InChI is InChI=1S/C30H23N3OS/c1-18-13-14-22(15-19(18)2)27-16-24(23-11-7-8-12-26(23)32-27)29(34)33-30-25(17-31)28(20(3)35-30)21-9-5-4-6-10-21/h4-16H,1-3H3,(H,33,34). The molecule has 0 radical (unpaired) electrons. The molecule has 0 fully saturated rings. The van der Waals surface area contributed by atoms with Crippen LogP contribution < -0.4 is 5.32 Å². The van der Waals surface area contributed by atoms with Gasteiger partial charge in [-0.05, 0) is 55.7 Å². The van der Waals surface area contributed by atoms with Gasteiger partial charge < -0.3 is 5.32 Å². The first-order valence-corrected chi connectivity index (χ1v) is 12.2. The molecule has 1 N–H and O–H groups in total. The summed E-state index contributed by atoms with van der Waals surface area (Å²) in [6.07, 6.45) is 0. The molecule has 5 rings (SSSR count). The molecule has 2 heterocycles. The highest BCUT2D eigenvalue weighted by Crippen LogP contribution is 2.39. The molecule has 1 amide bonds. The zero-order valence-electron chi connectivity index (χ0n) is 19.7. The second-order valence-electron chi connectivity index (χ2n) is 8.54. The molecule has 0 atom stereocenters. The Bertz CT molecular complexity index is 1630. The van der Waals surface area contributed by atoms with E-state index in [2.05, 4.69) is 37.4 Å². The Morgan fingerprint density at radius 1 is 0.886 bits per heavy atom. The number of anilines is 1. The normalized spacial score (nSPS) is 10.8. The highest BCUT2D eigenvalue weighted by molar-refractivity contribution is 7.17. The van der Waals surface area contributed by atoms with Gasteiger partial charge in [-0.3, -0.25) is 4.79 Å². The van der Waals surface area contributed by atoms with E-state index >= 15 is 0 Å². The van der Waals surface area contributed by atoms with Gasteiger partial charge in [0.2, 0.25) is 0 Å². The maximum Gasteiger partial charge on any atom is 0.257 e. The number of para-hydroxylation sites is 1. The van der Waals surface area contributed by atoms with Crippen LogP contribution >= 0.6 is 11.3 Å². The molecular weight excluding hydrogens is 450 g/mol. The van der Waals surface area contributed by atoms with Gasteiger partial charge in [-0.15, -0.1) is 11.3 Å². The number of benzene rings is 3. The van der Waals surface area contributed by atoms with Crippen molar-refractivity contribution >= 4 is 33.1 Å². The Hall–Kier alpha value is -4.27. The fourth-order valence-corrected chi connectivity index (χ4v) is 5.30. The van der Waals surface area contributed by atoms with Crippen LogP contribution in [0.5, 0.6) is 0 Å². The highest BCUT2D eigenvalue weighted by Gasteiger charge is 2.21. The third kappa shape index (κ3) is 4.21. The lowest BCUT2D eigenvalue weighted by Crippen LogP contribution is -2.13. The molecule has 5 aromatic rings. The van der Waals surface area contributed by atoms with E-state index in [1.807, 2.05) is 73.7 Å². The van der Waals surface area contributed by atoms with Crippen molar-refractivity contribution in [2.75, 3.05) is 5.32 Å². The van der Waals surface area contributed by atoms with E-state index in [0.29, 0.717) is 16.1 Å². The predicted molar refractivity (Wildman–Crippen MR) is 144 cm³/mol. The van der Waals surface area contributed by atoms with Gasteiger partial charge in [0.25, 0.3) is 5.91 Å². The number of aromatic nitrogens is 1. The number of aryl methyl sites for hydroxylation is 3. The minimum atomic E-state index is -0.258. The second-order valence-corrected chi connectivity index (χ2v) is 9.77. The van der Waals surface area contributed by atoms with Crippen molar-refractivity contribution in [3.63, 3.8) is 0 Å². The van der Waals surface area contributed by atoms with Gasteiger partial charge >= 0.3 is 0 Å². The van der Waals surface area contributed by atoms with E-state index in [1.54, 1.807) is 0 Å². The summed E-state index contributed by atoms with van der Waals surface area (Å²) in [5.41, 5.74) is 7.67. The number of pyridine rings is 1. The Labute approximate surface area is 208 Å². The summed E-state index contributed by atoms with van der Waals surface area (Å²) in [7, 11) is 0. The minimum absolute atomic E-state index is 0.258. The largest absolute Gasteiger partial charge is 0.312 e. The maximum absolute atomic E-state index is 13.6. The van der Waals surface area contributed by atoms with E-state index in [0.717, 1.165) is 38.2 Å². The molecule has 0 aliphatic carbocycles. The van der Waals surface area contributed by atoms with Crippen molar-refractivity contribution in [3.8, 4) is 28.5 Å². The number of nitrogens with one attached hydrogen (secondary N) is 1. The highest BCUT2D eigenvalue weighted by atomic mass is 32.1. The predicted octanol–water partition coefficient (Wildman–Crippen LogP) is 7.68. The van der Waals surface area contributed by atoms with Crippen LogP contribution in [0.1, 0.15) is 31.9 Å². The molecule has 2 aromatic heterocycles. The van der Waals surface area contributed by atoms with Crippen molar-refractivity contribution in [2.24, 2.45) is 0 Å². The van der Waals surface area contributed by atoms with Crippen LogP contribution in [0, 0.1) is 32.1 Å². The van der Waals surface area contributed by atoms with Crippen LogP contribution in [0.2, 0.25) is 0 Å². The average Bonchev–Trinajstić information content (AvgIpc) is 3.19. The number of nitrogens with zero attached hydrogens (tertiary/aromatic N) is 2. The molecule has 0 aliphatic rings. The molecule has 0 unspecified atom stereocenters. The van der Waals surface area contributed by atoms with E-state index in [-0.39, 0.29) is 5.91 Å². The topological polar surface area (TPSA) is 65.8 Å². The summed E-state index contributed by atoms with van der Waals surface area (Å²) in [6, 6.07) is 27.8. The quantitative estimate of drug-likeness (QED) is 0.291. The molecule has 0 saturated heterocycles. The molecule has 0 bridgehead atoms. The molecule has 0 saturated carbocycles. The van der Waals surface area contributed by atoms with Gasteiger partial charge in [-0.1, -0.05) is 60.7 Å². The summed E-state index contributed by atoms with van der Waals surface area (Å²) >= 11 is 1.42. The van der Waals surface area contributed by atoms with Crippen molar-refractivity contribution in [2.45, 2.75) is 20.8 Å². The van der Waals surface area contributed by atoms with Crippen molar-refractivity contribution in [3.05, 3.63) is 106 Å². The van der Waals surface area contributed by atoms with E-state index in [9.17, 15) is 10.1 Å². The Kier molecular flexibility index (Phi) is 5.90. The van der Waals surface area contributed by atoms with Crippen LogP contribution in [0.3, 0.4) is 0 Å². The summed E-state index contributed by atoms with van der Waals surface area (Å²) < 4.78 is 0. The first-order chi connectivity index (χ1) is 17.0. The number of hydrogen-bond acceptors (Lipinski definition) is 4. The zero-order valence-corrected chi connectivity index (χ0v) is 20.5. The third-order valence-corrected chi connectivity index (χ3v) is 7.27. The molecule has 3 aromatic carbocycles. The van der Waals surface area contributed by atoms with Gasteiger partial charge in [0.05, 0.1) is 22.3 Å². The SMILES string of the molecule is Cc1ccc(-c2cc(C(=O)Nc3sc(C)c(-c4ccccc4)c3C#N)c3ccccc3n2)cc1C. The van der Waals surface area contributed by atoms with Gasteiger partial charge in [0, 0.05) is 21.4 Å². The number of thiophene rings is 1. The number of carbonyl (C=O) groups excluding carboxylic acids is 1. The Morgan fingerprint density at radius 3 is 2.37 bits per heavy atom. The molecule has 0 spiro atoms. The number of nitriles is 1. The average molecular weight is 474 g/mol. The van der Waals surface area contributed by atoms with Crippen LogP contribution in [0.25, 0.3) is 33.3 Å². The molecule has 0 aliphatic heterocycles. The number of hydrogen-bond donors (Lipinski definition) is 1. The van der Waals surface area contributed by atoms with Crippen LogP contribution in [0.4, 0.5) is 5.00 Å². The van der Waals surface area contributed by atoms with Gasteiger partial charge in [0.15, 0.2) is 0 Å². The van der Waals surface area contributed by atoms with Gasteiger partial charge in [-0.25, -0.2) is 4.98 Å². The Morgan fingerprint density at radius 2 is 1.63 bits per heavy atom. The summed E-state index contributed by atoms with van der Waals surface area (Å²) in [4.78, 5) is 19.4. The number of fused-ring (bicyclic) bond motifs is 1. The lowest BCUT2D eigenvalue weighted by molar-refractivity contribution is 0.102. The lowest BCUT2D eigenvalue weighted by Gasteiger charge is -2.11.